The van der Waals surface area contributed by atoms with Crippen molar-refractivity contribution in [2.45, 2.75) is 0 Å². The molecular weight excluding hydrogens is 286 g/mol. The number of nitrogens with zero attached hydrogens (tertiary/aromatic N) is 5. The number of rotatable bonds is 4. The number of aromatic nitrogens is 6. The highest BCUT2D eigenvalue weighted by atomic mass is 16.5. The predicted molar refractivity (Wildman–Crippen MR) is 76.2 cm³/mol. The molecule has 0 unspecified atom stereocenters. The maximum atomic E-state index is 12.1. The Morgan fingerprint density at radius 3 is 2.77 bits per heavy atom. The molecule has 1 aromatic carbocycles. The minimum Gasteiger partial charge on any atom is -0.494 e. The lowest BCUT2D eigenvalue weighted by Gasteiger charge is -2.05. The highest BCUT2D eigenvalue weighted by Gasteiger charge is 2.11. The van der Waals surface area contributed by atoms with Gasteiger partial charge >= 0.3 is 0 Å². The summed E-state index contributed by atoms with van der Waals surface area (Å²) in [6.45, 7) is 0. The molecule has 0 atom stereocenters. The molecule has 2 heterocycles. The lowest BCUT2D eigenvalue weighted by Crippen LogP contribution is -2.15. The fraction of sp³-hybridized carbons (Fsp3) is 0.0769. The monoisotopic (exact) mass is 297 g/mol. The molecular formula is C13H11N7O2. The molecule has 9 heteroatoms. The SMILES string of the molecule is COc1cnc(C(=O)Nc2cccc(-c3nn[nH]n3)c2)nc1. The van der Waals surface area contributed by atoms with Gasteiger partial charge in [0.15, 0.2) is 5.75 Å². The van der Waals surface area contributed by atoms with Crippen LogP contribution in [0.5, 0.6) is 5.75 Å². The van der Waals surface area contributed by atoms with E-state index in [1.165, 1.54) is 19.5 Å². The van der Waals surface area contributed by atoms with Crippen LogP contribution in [0.1, 0.15) is 10.6 Å². The molecule has 0 spiro atoms. The normalized spacial score (nSPS) is 10.2. The van der Waals surface area contributed by atoms with E-state index in [1.807, 2.05) is 6.07 Å². The van der Waals surface area contributed by atoms with Gasteiger partial charge in [0.2, 0.25) is 11.6 Å². The Morgan fingerprint density at radius 1 is 1.27 bits per heavy atom. The second kappa shape index (κ2) is 5.95. The summed E-state index contributed by atoms with van der Waals surface area (Å²) in [5.41, 5.74) is 1.30. The van der Waals surface area contributed by atoms with Gasteiger partial charge in [-0.3, -0.25) is 4.79 Å². The number of carbonyl (C=O) groups is 1. The third-order valence-corrected chi connectivity index (χ3v) is 2.79. The number of ether oxygens (including phenoxy) is 1. The Balaban J connectivity index is 1.77. The topological polar surface area (TPSA) is 119 Å². The third kappa shape index (κ3) is 2.87. The first-order valence-corrected chi connectivity index (χ1v) is 6.27. The van der Waals surface area contributed by atoms with E-state index < -0.39 is 5.91 Å². The molecule has 22 heavy (non-hydrogen) atoms. The van der Waals surface area contributed by atoms with Crippen molar-refractivity contribution in [3.8, 4) is 17.1 Å². The molecule has 0 saturated heterocycles. The minimum atomic E-state index is -0.423. The number of methoxy groups -OCH3 is 1. The first kappa shape index (κ1) is 13.6. The van der Waals surface area contributed by atoms with Crippen LogP contribution in [-0.4, -0.2) is 43.6 Å². The molecule has 0 radical (unpaired) electrons. The highest BCUT2D eigenvalue weighted by molar-refractivity contribution is 6.01. The smallest absolute Gasteiger partial charge is 0.293 e. The quantitative estimate of drug-likeness (QED) is 0.734. The van der Waals surface area contributed by atoms with Gasteiger partial charge < -0.3 is 10.1 Å². The largest absolute Gasteiger partial charge is 0.494 e. The van der Waals surface area contributed by atoms with Crippen LogP contribution in [-0.2, 0) is 0 Å². The zero-order valence-corrected chi connectivity index (χ0v) is 11.5. The molecule has 0 aliphatic carbocycles. The van der Waals surface area contributed by atoms with Gasteiger partial charge in [-0.2, -0.15) is 5.21 Å². The molecule has 3 rings (SSSR count). The van der Waals surface area contributed by atoms with Crippen molar-refractivity contribution < 1.29 is 9.53 Å². The van der Waals surface area contributed by atoms with E-state index in [0.717, 1.165) is 5.56 Å². The molecule has 1 amide bonds. The summed E-state index contributed by atoms with van der Waals surface area (Å²) in [5.74, 6) is 0.547. The summed E-state index contributed by atoms with van der Waals surface area (Å²) in [6, 6.07) is 7.05. The van der Waals surface area contributed by atoms with E-state index in [9.17, 15) is 4.79 Å². The van der Waals surface area contributed by atoms with E-state index in [0.29, 0.717) is 17.3 Å². The number of anilines is 1. The molecule has 2 N–H and O–H groups in total. The molecule has 0 aliphatic heterocycles. The van der Waals surface area contributed by atoms with E-state index in [4.69, 9.17) is 4.74 Å². The summed E-state index contributed by atoms with van der Waals surface area (Å²) in [4.78, 5) is 19.9. The second-order valence-corrected chi connectivity index (χ2v) is 4.22. The number of amides is 1. The summed E-state index contributed by atoms with van der Waals surface area (Å²) >= 11 is 0. The number of carbonyl (C=O) groups excluding carboxylic acids is 1. The third-order valence-electron chi connectivity index (χ3n) is 2.79. The lowest BCUT2D eigenvalue weighted by atomic mass is 10.2. The standard InChI is InChI=1S/C13H11N7O2/c1-22-10-6-14-12(15-7-10)13(21)16-9-4-2-3-8(5-9)11-17-19-20-18-11/h2-7H,1H3,(H,16,21)(H,17,18,19,20). The predicted octanol–water partition coefficient (Wildman–Crippen LogP) is 0.918. The van der Waals surface area contributed by atoms with Crippen molar-refractivity contribution in [1.82, 2.24) is 30.6 Å². The highest BCUT2D eigenvalue weighted by Crippen LogP contribution is 2.18. The van der Waals surface area contributed by atoms with Crippen molar-refractivity contribution in [1.29, 1.82) is 0 Å². The Labute approximate surface area is 124 Å². The molecule has 0 saturated carbocycles. The van der Waals surface area contributed by atoms with Crippen molar-refractivity contribution in [2.75, 3.05) is 12.4 Å². The number of benzene rings is 1. The Kier molecular flexibility index (Phi) is 3.69. The van der Waals surface area contributed by atoms with Gasteiger partial charge in [0.25, 0.3) is 5.91 Å². The molecule has 2 aromatic heterocycles. The summed E-state index contributed by atoms with van der Waals surface area (Å²) in [5, 5.41) is 16.4. The van der Waals surface area contributed by atoms with Gasteiger partial charge in [-0.05, 0) is 17.3 Å². The zero-order chi connectivity index (χ0) is 15.4. The lowest BCUT2D eigenvalue weighted by molar-refractivity contribution is 0.101. The number of nitrogens with one attached hydrogen (secondary N) is 2. The minimum absolute atomic E-state index is 0.0470. The average Bonchev–Trinajstić information content (AvgIpc) is 3.10. The first-order valence-electron chi connectivity index (χ1n) is 6.27. The molecule has 3 aromatic rings. The Morgan fingerprint density at radius 2 is 2.09 bits per heavy atom. The molecule has 110 valence electrons. The van der Waals surface area contributed by atoms with Gasteiger partial charge in [-0.15, -0.1) is 10.2 Å². The van der Waals surface area contributed by atoms with Gasteiger partial charge in [-0.25, -0.2) is 9.97 Å². The van der Waals surface area contributed by atoms with Crippen LogP contribution in [0.4, 0.5) is 5.69 Å². The summed E-state index contributed by atoms with van der Waals surface area (Å²) in [6.07, 6.45) is 2.86. The number of hydrogen-bond acceptors (Lipinski definition) is 7. The molecule has 9 nitrogen and oxygen atoms in total. The average molecular weight is 297 g/mol. The van der Waals surface area contributed by atoms with Gasteiger partial charge in [0, 0.05) is 11.3 Å². The number of tetrazole rings is 1. The number of aromatic amines is 1. The van der Waals surface area contributed by atoms with Crippen LogP contribution >= 0.6 is 0 Å². The zero-order valence-electron chi connectivity index (χ0n) is 11.5. The summed E-state index contributed by atoms with van der Waals surface area (Å²) in [7, 11) is 1.50. The maximum absolute atomic E-state index is 12.1. The van der Waals surface area contributed by atoms with Crippen LogP contribution < -0.4 is 10.1 Å². The summed E-state index contributed by atoms with van der Waals surface area (Å²) < 4.78 is 4.94. The fourth-order valence-corrected chi connectivity index (χ4v) is 1.75. The van der Waals surface area contributed by atoms with E-state index in [2.05, 4.69) is 35.9 Å². The number of H-pyrrole nitrogens is 1. The van der Waals surface area contributed by atoms with Crippen molar-refractivity contribution in [3.63, 3.8) is 0 Å². The molecule has 0 fully saturated rings. The van der Waals surface area contributed by atoms with E-state index in [-0.39, 0.29) is 5.82 Å². The molecule has 0 bridgehead atoms. The van der Waals surface area contributed by atoms with Crippen molar-refractivity contribution >= 4 is 11.6 Å². The van der Waals surface area contributed by atoms with Crippen molar-refractivity contribution in [2.24, 2.45) is 0 Å². The van der Waals surface area contributed by atoms with Crippen LogP contribution in [0.2, 0.25) is 0 Å². The van der Waals surface area contributed by atoms with Gasteiger partial charge in [-0.1, -0.05) is 12.1 Å². The van der Waals surface area contributed by atoms with E-state index >= 15 is 0 Å². The van der Waals surface area contributed by atoms with Crippen molar-refractivity contribution in [3.05, 3.63) is 42.5 Å². The maximum Gasteiger partial charge on any atom is 0.293 e. The first-order chi connectivity index (χ1) is 10.8. The fourth-order valence-electron chi connectivity index (χ4n) is 1.75. The van der Waals surface area contributed by atoms with Crippen LogP contribution in [0.25, 0.3) is 11.4 Å². The Hall–Kier alpha value is -3.36. The van der Waals surface area contributed by atoms with Crippen LogP contribution in [0, 0.1) is 0 Å². The van der Waals surface area contributed by atoms with Gasteiger partial charge in [0.1, 0.15) is 0 Å². The number of hydrogen-bond donors (Lipinski definition) is 2. The van der Waals surface area contributed by atoms with Crippen LogP contribution in [0.15, 0.2) is 36.7 Å². The van der Waals surface area contributed by atoms with Gasteiger partial charge in [0.05, 0.1) is 19.5 Å². The molecule has 0 aliphatic rings. The second-order valence-electron chi connectivity index (χ2n) is 4.22. The van der Waals surface area contributed by atoms with Crippen LogP contribution in [0.3, 0.4) is 0 Å². The Bertz CT molecular complexity index is 771. The van der Waals surface area contributed by atoms with E-state index in [1.54, 1.807) is 18.2 Å².